The number of carboxylic acid groups (broad SMARTS) is 1. The van der Waals surface area contributed by atoms with Crippen LogP contribution in [-0.4, -0.2) is 42.3 Å². The van der Waals surface area contributed by atoms with Crippen LogP contribution in [0, 0.1) is 0 Å². The largest absolute Gasteiger partial charge is 0.478 e. The number of halogens is 1. The lowest BCUT2D eigenvalue weighted by molar-refractivity contribution is 0.0696. The van der Waals surface area contributed by atoms with Crippen molar-refractivity contribution in [3.8, 4) is 0 Å². The number of hydrogen-bond donors (Lipinski definition) is 1. The van der Waals surface area contributed by atoms with E-state index in [1.807, 2.05) is 12.1 Å². The molecule has 1 heterocycles. The molecule has 0 atom stereocenters. The highest BCUT2D eigenvalue weighted by atomic mass is 19.1. The standard InChI is InChI=1S/C35H38FNO2/c1-3-26-8-5-9-27(4-2)33(26)32-11-6-10-29-21-30(35(38)39)16-17-31(29)34(32)28-14-12-24(13-15-28)20-25-22-37(23-25)19-7-18-36/h5,8-9,12-17,20-21H,3-4,6-7,10-11,18-19,22-23H2,1-2H3,(H,38,39). The Morgan fingerprint density at radius 2 is 1.69 bits per heavy atom. The van der Waals surface area contributed by atoms with Crippen molar-refractivity contribution in [2.24, 2.45) is 0 Å². The van der Waals surface area contributed by atoms with Gasteiger partial charge in [0, 0.05) is 19.6 Å². The lowest BCUT2D eigenvalue weighted by Crippen LogP contribution is -2.40. The molecule has 1 aliphatic carbocycles. The van der Waals surface area contributed by atoms with E-state index >= 15 is 0 Å². The average Bonchev–Trinajstić information content (AvgIpc) is 3.13. The van der Waals surface area contributed by atoms with Gasteiger partial charge in [-0.2, -0.15) is 0 Å². The van der Waals surface area contributed by atoms with Gasteiger partial charge in [-0.1, -0.05) is 68.5 Å². The molecule has 0 amide bonds. The molecular formula is C35H38FNO2. The van der Waals surface area contributed by atoms with E-state index < -0.39 is 5.97 Å². The number of benzene rings is 3. The van der Waals surface area contributed by atoms with E-state index in [0.717, 1.165) is 62.9 Å². The minimum atomic E-state index is -0.881. The Labute approximate surface area is 231 Å². The van der Waals surface area contributed by atoms with Gasteiger partial charge in [-0.3, -0.25) is 9.29 Å². The summed E-state index contributed by atoms with van der Waals surface area (Å²) in [5.41, 5.74) is 13.1. The Morgan fingerprint density at radius 1 is 0.974 bits per heavy atom. The Kier molecular flexibility index (Phi) is 8.42. The Hall–Kier alpha value is -3.50. The fourth-order valence-electron chi connectivity index (χ4n) is 6.17. The zero-order valence-corrected chi connectivity index (χ0v) is 23.1. The van der Waals surface area contributed by atoms with E-state index in [1.165, 1.54) is 44.5 Å². The molecule has 4 heteroatoms. The quantitative estimate of drug-likeness (QED) is 0.310. The monoisotopic (exact) mass is 523 g/mol. The van der Waals surface area contributed by atoms with Gasteiger partial charge in [0.05, 0.1) is 12.2 Å². The van der Waals surface area contributed by atoms with Crippen LogP contribution >= 0.6 is 0 Å². The number of aromatic carboxylic acids is 1. The molecule has 1 saturated heterocycles. The SMILES string of the molecule is CCc1cccc(CC)c1C1=C(c2ccc(C=C3CN(CCCF)C3)cc2)c2ccc(C(=O)O)cc2CCC1. The summed E-state index contributed by atoms with van der Waals surface area (Å²) in [6.07, 6.45) is 7.61. The molecule has 3 nitrogen and oxygen atoms in total. The van der Waals surface area contributed by atoms with E-state index in [4.69, 9.17) is 0 Å². The summed E-state index contributed by atoms with van der Waals surface area (Å²) in [4.78, 5) is 14.0. The second kappa shape index (κ2) is 12.1. The second-order valence-electron chi connectivity index (χ2n) is 10.7. The summed E-state index contributed by atoms with van der Waals surface area (Å²) in [6.45, 7) is 6.87. The maximum absolute atomic E-state index is 12.5. The van der Waals surface area contributed by atoms with Crippen LogP contribution in [0.5, 0.6) is 0 Å². The number of nitrogens with zero attached hydrogens (tertiary/aromatic N) is 1. The molecule has 5 rings (SSSR count). The van der Waals surface area contributed by atoms with Gasteiger partial charge in [0.2, 0.25) is 0 Å². The first kappa shape index (κ1) is 27.1. The van der Waals surface area contributed by atoms with Crippen molar-refractivity contribution in [2.75, 3.05) is 26.3 Å². The fraction of sp³-hybridized carbons (Fsp3) is 0.343. The third kappa shape index (κ3) is 5.77. The highest BCUT2D eigenvalue weighted by molar-refractivity contribution is 6.01. The van der Waals surface area contributed by atoms with Crippen molar-refractivity contribution in [1.82, 2.24) is 4.90 Å². The number of carboxylic acids is 1. The third-order valence-electron chi connectivity index (χ3n) is 8.13. The Balaban J connectivity index is 1.60. The molecule has 2 aliphatic rings. The van der Waals surface area contributed by atoms with Crippen LogP contribution in [0.15, 0.2) is 66.2 Å². The van der Waals surface area contributed by atoms with E-state index in [-0.39, 0.29) is 6.67 Å². The highest BCUT2D eigenvalue weighted by Gasteiger charge is 2.24. The third-order valence-corrected chi connectivity index (χ3v) is 8.13. The number of aryl methyl sites for hydroxylation is 3. The van der Waals surface area contributed by atoms with Gasteiger partial charge in [0.15, 0.2) is 0 Å². The highest BCUT2D eigenvalue weighted by Crippen LogP contribution is 2.42. The first-order valence-electron chi connectivity index (χ1n) is 14.3. The van der Waals surface area contributed by atoms with Gasteiger partial charge in [0.25, 0.3) is 0 Å². The van der Waals surface area contributed by atoms with Crippen LogP contribution in [0.1, 0.15) is 82.4 Å². The molecule has 1 aliphatic heterocycles. The summed E-state index contributed by atoms with van der Waals surface area (Å²) >= 11 is 0. The predicted octanol–water partition coefficient (Wildman–Crippen LogP) is 7.86. The lowest BCUT2D eigenvalue weighted by Gasteiger charge is -2.33. The van der Waals surface area contributed by atoms with E-state index in [9.17, 15) is 14.3 Å². The molecule has 202 valence electrons. The predicted molar refractivity (Wildman–Crippen MR) is 159 cm³/mol. The van der Waals surface area contributed by atoms with Gasteiger partial charge in [-0.05, 0) is 106 Å². The summed E-state index contributed by atoms with van der Waals surface area (Å²) in [5.74, 6) is -0.881. The first-order chi connectivity index (χ1) is 19.0. The molecule has 0 spiro atoms. The number of likely N-dealkylation sites (tertiary alicyclic amines) is 1. The zero-order valence-electron chi connectivity index (χ0n) is 23.1. The normalized spacial score (nSPS) is 15.5. The molecule has 0 unspecified atom stereocenters. The summed E-state index contributed by atoms with van der Waals surface area (Å²) in [5, 5.41) is 9.66. The Bertz CT molecular complexity index is 1390. The maximum Gasteiger partial charge on any atom is 0.335 e. The molecular weight excluding hydrogens is 485 g/mol. The van der Waals surface area contributed by atoms with Gasteiger partial charge < -0.3 is 5.11 Å². The van der Waals surface area contributed by atoms with Crippen molar-refractivity contribution in [3.05, 3.63) is 111 Å². The van der Waals surface area contributed by atoms with Crippen molar-refractivity contribution < 1.29 is 14.3 Å². The summed E-state index contributed by atoms with van der Waals surface area (Å²) < 4.78 is 12.5. The van der Waals surface area contributed by atoms with Gasteiger partial charge in [-0.15, -0.1) is 0 Å². The minimum absolute atomic E-state index is 0.252. The fourth-order valence-corrected chi connectivity index (χ4v) is 6.17. The number of carbonyl (C=O) groups is 1. The maximum atomic E-state index is 12.5. The molecule has 39 heavy (non-hydrogen) atoms. The zero-order chi connectivity index (χ0) is 27.4. The van der Waals surface area contributed by atoms with Crippen LogP contribution in [0.4, 0.5) is 4.39 Å². The van der Waals surface area contributed by atoms with Gasteiger partial charge >= 0.3 is 5.97 Å². The van der Waals surface area contributed by atoms with Crippen LogP contribution in [0.25, 0.3) is 17.2 Å². The molecule has 3 aromatic carbocycles. The van der Waals surface area contributed by atoms with Gasteiger partial charge in [0.1, 0.15) is 0 Å². The van der Waals surface area contributed by atoms with Crippen molar-refractivity contribution in [1.29, 1.82) is 0 Å². The molecule has 3 aromatic rings. The van der Waals surface area contributed by atoms with Gasteiger partial charge in [-0.25, -0.2) is 4.79 Å². The number of hydrogen-bond acceptors (Lipinski definition) is 2. The minimum Gasteiger partial charge on any atom is -0.478 e. The summed E-state index contributed by atoms with van der Waals surface area (Å²) in [6, 6.07) is 21.2. The van der Waals surface area contributed by atoms with Crippen molar-refractivity contribution in [2.45, 2.75) is 52.4 Å². The van der Waals surface area contributed by atoms with E-state index in [2.05, 4.69) is 67.3 Å². The number of fused-ring (bicyclic) bond motifs is 1. The number of allylic oxidation sites excluding steroid dienone is 1. The number of rotatable bonds is 9. The first-order valence-corrected chi connectivity index (χ1v) is 14.3. The lowest BCUT2D eigenvalue weighted by atomic mass is 9.83. The molecule has 0 aromatic heterocycles. The topological polar surface area (TPSA) is 40.5 Å². The molecule has 1 N–H and O–H groups in total. The van der Waals surface area contributed by atoms with E-state index in [1.54, 1.807) is 6.07 Å². The average molecular weight is 524 g/mol. The van der Waals surface area contributed by atoms with Crippen LogP contribution in [0.3, 0.4) is 0 Å². The smallest absolute Gasteiger partial charge is 0.335 e. The summed E-state index contributed by atoms with van der Waals surface area (Å²) in [7, 11) is 0. The molecule has 0 radical (unpaired) electrons. The van der Waals surface area contributed by atoms with Crippen LogP contribution in [0.2, 0.25) is 0 Å². The molecule has 1 fully saturated rings. The number of alkyl halides is 1. The van der Waals surface area contributed by atoms with E-state index in [0.29, 0.717) is 12.0 Å². The van der Waals surface area contributed by atoms with Crippen molar-refractivity contribution >= 4 is 23.2 Å². The molecule has 0 bridgehead atoms. The molecule has 0 saturated carbocycles. The van der Waals surface area contributed by atoms with Crippen molar-refractivity contribution in [3.63, 3.8) is 0 Å². The van der Waals surface area contributed by atoms with Crippen LogP contribution < -0.4 is 0 Å². The Morgan fingerprint density at radius 3 is 2.33 bits per heavy atom. The van der Waals surface area contributed by atoms with Crippen LogP contribution in [-0.2, 0) is 19.3 Å². The second-order valence-corrected chi connectivity index (χ2v) is 10.7.